The highest BCUT2D eigenvalue weighted by Gasteiger charge is 1.93. The molecule has 0 amide bonds. The van der Waals surface area contributed by atoms with E-state index < -0.39 is 0 Å². The summed E-state index contributed by atoms with van der Waals surface area (Å²) in [6.45, 7) is 0. The highest BCUT2D eigenvalue weighted by molar-refractivity contribution is 8.01. The largest absolute Gasteiger partial charge is 0.136 e. The van der Waals surface area contributed by atoms with Crippen molar-refractivity contribution in [3.05, 3.63) is 41.3 Å². The molecule has 0 unspecified atom stereocenters. The lowest BCUT2D eigenvalue weighted by atomic mass is 10.2. The fraction of sp³-hybridized carbons (Fsp3) is 0.111. The van der Waals surface area contributed by atoms with E-state index in [1.54, 1.807) is 11.8 Å². The number of halogens is 1. The average Bonchev–Trinajstić information content (AvgIpc) is 2.07. The van der Waals surface area contributed by atoms with Gasteiger partial charge in [-0.25, -0.2) is 0 Å². The molecule has 0 aliphatic rings. The summed E-state index contributed by atoms with van der Waals surface area (Å²) >= 11 is 7.56. The van der Waals surface area contributed by atoms with Gasteiger partial charge in [0, 0.05) is 0 Å². The van der Waals surface area contributed by atoms with E-state index in [2.05, 4.69) is 0 Å². The SMILES string of the molecule is CSC=C(Cl)c1ccccc1. The summed E-state index contributed by atoms with van der Waals surface area (Å²) in [6, 6.07) is 9.93. The maximum absolute atomic E-state index is 5.95. The highest BCUT2D eigenvalue weighted by Crippen LogP contribution is 2.20. The Morgan fingerprint density at radius 1 is 1.36 bits per heavy atom. The van der Waals surface area contributed by atoms with Gasteiger partial charge in [0.25, 0.3) is 0 Å². The summed E-state index contributed by atoms with van der Waals surface area (Å²) in [6.07, 6.45) is 1.99. The third kappa shape index (κ3) is 2.60. The number of hydrogen-bond donors (Lipinski definition) is 0. The van der Waals surface area contributed by atoms with Gasteiger partial charge in [-0.1, -0.05) is 41.9 Å². The molecule has 0 aliphatic heterocycles. The van der Waals surface area contributed by atoms with E-state index in [0.29, 0.717) is 0 Å². The van der Waals surface area contributed by atoms with Crippen LogP contribution >= 0.6 is 23.4 Å². The van der Waals surface area contributed by atoms with Crippen molar-refractivity contribution in [2.45, 2.75) is 0 Å². The number of rotatable bonds is 2. The lowest BCUT2D eigenvalue weighted by molar-refractivity contribution is 1.65. The Bertz CT molecular complexity index is 241. The molecule has 0 saturated heterocycles. The van der Waals surface area contributed by atoms with Crippen molar-refractivity contribution in [1.29, 1.82) is 0 Å². The molecule has 0 aliphatic carbocycles. The van der Waals surface area contributed by atoms with Crippen molar-refractivity contribution in [3.8, 4) is 0 Å². The quantitative estimate of drug-likeness (QED) is 0.677. The molecule has 0 bridgehead atoms. The van der Waals surface area contributed by atoms with Gasteiger partial charge in [-0.2, -0.15) is 0 Å². The third-order valence-electron chi connectivity index (χ3n) is 1.27. The number of hydrogen-bond acceptors (Lipinski definition) is 1. The Labute approximate surface area is 76.3 Å². The fourth-order valence-corrected chi connectivity index (χ4v) is 1.51. The van der Waals surface area contributed by atoms with Crippen LogP contribution in [0, 0.1) is 0 Å². The monoisotopic (exact) mass is 184 g/mol. The molecule has 1 aromatic carbocycles. The van der Waals surface area contributed by atoms with Crippen molar-refractivity contribution < 1.29 is 0 Å². The first-order valence-electron chi connectivity index (χ1n) is 3.28. The summed E-state index contributed by atoms with van der Waals surface area (Å²) in [5.41, 5.74) is 1.07. The molecule has 58 valence electrons. The van der Waals surface area contributed by atoms with Gasteiger partial charge < -0.3 is 0 Å². The smallest absolute Gasteiger partial charge is 0.0541 e. The highest BCUT2D eigenvalue weighted by atomic mass is 35.5. The molecule has 0 fully saturated rings. The van der Waals surface area contributed by atoms with Crippen LogP contribution in [0.15, 0.2) is 35.7 Å². The molecule has 0 atom stereocenters. The first kappa shape index (κ1) is 8.69. The minimum absolute atomic E-state index is 0.804. The van der Waals surface area contributed by atoms with Crippen LogP contribution in [0.1, 0.15) is 5.56 Å². The minimum Gasteiger partial charge on any atom is -0.136 e. The zero-order chi connectivity index (χ0) is 8.10. The van der Waals surface area contributed by atoms with Crippen molar-refractivity contribution in [2.75, 3.05) is 6.26 Å². The molecule has 0 heterocycles. The second kappa shape index (κ2) is 4.47. The number of benzene rings is 1. The van der Waals surface area contributed by atoms with Crippen LogP contribution in [-0.2, 0) is 0 Å². The molecule has 0 radical (unpaired) electrons. The Kier molecular flexibility index (Phi) is 3.53. The van der Waals surface area contributed by atoms with Crippen LogP contribution in [0.2, 0.25) is 0 Å². The molecule has 0 nitrogen and oxygen atoms in total. The lowest BCUT2D eigenvalue weighted by Crippen LogP contribution is -1.72. The van der Waals surface area contributed by atoms with Crippen LogP contribution in [0.25, 0.3) is 5.03 Å². The van der Waals surface area contributed by atoms with Crippen molar-refractivity contribution >= 4 is 28.4 Å². The summed E-state index contributed by atoms with van der Waals surface area (Å²) in [5.74, 6) is 0. The summed E-state index contributed by atoms with van der Waals surface area (Å²) < 4.78 is 0. The fourth-order valence-electron chi connectivity index (χ4n) is 0.769. The van der Waals surface area contributed by atoms with E-state index in [0.717, 1.165) is 10.6 Å². The second-order valence-electron chi connectivity index (χ2n) is 2.07. The van der Waals surface area contributed by atoms with E-state index in [-0.39, 0.29) is 0 Å². The van der Waals surface area contributed by atoms with Crippen molar-refractivity contribution in [1.82, 2.24) is 0 Å². The van der Waals surface area contributed by atoms with Gasteiger partial charge in [-0.05, 0) is 17.2 Å². The van der Waals surface area contributed by atoms with Gasteiger partial charge in [-0.15, -0.1) is 11.8 Å². The second-order valence-corrected chi connectivity index (χ2v) is 3.18. The maximum Gasteiger partial charge on any atom is 0.0541 e. The molecule has 1 aromatic rings. The Hall–Kier alpha value is -0.400. The molecule has 11 heavy (non-hydrogen) atoms. The van der Waals surface area contributed by atoms with Gasteiger partial charge in [-0.3, -0.25) is 0 Å². The van der Waals surface area contributed by atoms with E-state index in [9.17, 15) is 0 Å². The van der Waals surface area contributed by atoms with Gasteiger partial charge in [0.15, 0.2) is 0 Å². The van der Waals surface area contributed by atoms with Crippen LogP contribution in [0.5, 0.6) is 0 Å². The zero-order valence-electron chi connectivity index (χ0n) is 6.25. The first-order valence-corrected chi connectivity index (χ1v) is 4.95. The van der Waals surface area contributed by atoms with E-state index in [1.807, 2.05) is 42.0 Å². The molecule has 2 heteroatoms. The molecular weight excluding hydrogens is 176 g/mol. The van der Waals surface area contributed by atoms with Crippen molar-refractivity contribution in [3.63, 3.8) is 0 Å². The van der Waals surface area contributed by atoms with Crippen molar-refractivity contribution in [2.24, 2.45) is 0 Å². The summed E-state index contributed by atoms with van der Waals surface area (Å²) in [5, 5.41) is 2.73. The van der Waals surface area contributed by atoms with Gasteiger partial charge in [0.1, 0.15) is 0 Å². The lowest BCUT2D eigenvalue weighted by Gasteiger charge is -1.95. The van der Waals surface area contributed by atoms with E-state index in [4.69, 9.17) is 11.6 Å². The predicted molar refractivity (Wildman–Crippen MR) is 53.8 cm³/mol. The van der Waals surface area contributed by atoms with Crippen LogP contribution in [0.3, 0.4) is 0 Å². The average molecular weight is 185 g/mol. The standard InChI is InChI=1S/C9H9ClS/c1-11-7-9(10)8-5-3-2-4-6-8/h2-7H,1H3. The molecule has 0 saturated carbocycles. The maximum atomic E-state index is 5.95. The molecule has 0 spiro atoms. The van der Waals surface area contributed by atoms with Crippen LogP contribution in [-0.4, -0.2) is 6.26 Å². The van der Waals surface area contributed by atoms with Crippen LogP contribution < -0.4 is 0 Å². The van der Waals surface area contributed by atoms with Crippen LogP contribution in [0.4, 0.5) is 0 Å². The molecule has 0 N–H and O–H groups in total. The molecular formula is C9H9ClS. The van der Waals surface area contributed by atoms with E-state index in [1.165, 1.54) is 0 Å². The van der Waals surface area contributed by atoms with Gasteiger partial charge >= 0.3 is 0 Å². The van der Waals surface area contributed by atoms with E-state index >= 15 is 0 Å². The molecule has 1 rings (SSSR count). The normalized spacial score (nSPS) is 11.6. The van der Waals surface area contributed by atoms with Gasteiger partial charge in [0.05, 0.1) is 5.03 Å². The first-order chi connectivity index (χ1) is 5.34. The minimum atomic E-state index is 0.804. The zero-order valence-corrected chi connectivity index (χ0v) is 7.82. The summed E-state index contributed by atoms with van der Waals surface area (Å²) in [7, 11) is 0. The Morgan fingerprint density at radius 2 is 2.00 bits per heavy atom. The van der Waals surface area contributed by atoms with Gasteiger partial charge in [0.2, 0.25) is 0 Å². The number of thioether (sulfide) groups is 1. The third-order valence-corrected chi connectivity index (χ3v) is 2.20. The predicted octanol–water partition coefficient (Wildman–Crippen LogP) is 3.59. The topological polar surface area (TPSA) is 0 Å². The Morgan fingerprint density at radius 3 is 2.55 bits per heavy atom. The Balaban J connectivity index is 2.85. The molecule has 0 aromatic heterocycles. The summed E-state index contributed by atoms with van der Waals surface area (Å²) in [4.78, 5) is 0.